The quantitative estimate of drug-likeness (QED) is 0.826. The van der Waals surface area contributed by atoms with E-state index >= 15 is 0 Å². The maximum atomic E-state index is 10.9. The van der Waals surface area contributed by atoms with Gasteiger partial charge in [-0.05, 0) is 18.8 Å². The number of hydrogen-bond donors (Lipinski definition) is 1. The van der Waals surface area contributed by atoms with Gasteiger partial charge in [0, 0.05) is 37.4 Å². The first-order valence-corrected chi connectivity index (χ1v) is 6.73. The Bertz CT molecular complexity index is 497. The van der Waals surface area contributed by atoms with E-state index in [1.165, 1.54) is 10.5 Å². The van der Waals surface area contributed by atoms with Crippen LogP contribution in [0.3, 0.4) is 0 Å². The molecule has 0 radical (unpaired) electrons. The first kappa shape index (κ1) is 12.2. The minimum Gasteiger partial charge on any atom is -0.465 e. The lowest BCUT2D eigenvalue weighted by Gasteiger charge is -2.35. The molecule has 0 bridgehead atoms. The van der Waals surface area contributed by atoms with E-state index in [2.05, 4.69) is 21.8 Å². The van der Waals surface area contributed by atoms with Crippen LogP contribution in [0.1, 0.15) is 30.5 Å². The lowest BCUT2D eigenvalue weighted by molar-refractivity contribution is 0.142. The minimum atomic E-state index is -0.832. The Morgan fingerprint density at radius 3 is 2.74 bits per heavy atom. The summed E-state index contributed by atoms with van der Waals surface area (Å²) < 4.78 is 0. The fourth-order valence-electron chi connectivity index (χ4n) is 2.98. The van der Waals surface area contributed by atoms with Gasteiger partial charge in [-0.1, -0.05) is 6.92 Å². The van der Waals surface area contributed by atoms with Gasteiger partial charge in [-0.15, -0.1) is 0 Å². The van der Waals surface area contributed by atoms with E-state index < -0.39 is 6.09 Å². The van der Waals surface area contributed by atoms with Crippen molar-refractivity contribution in [2.24, 2.45) is 0 Å². The van der Waals surface area contributed by atoms with E-state index in [0.717, 1.165) is 24.4 Å². The van der Waals surface area contributed by atoms with Gasteiger partial charge >= 0.3 is 6.09 Å². The number of carboxylic acid groups (broad SMARTS) is 1. The molecule has 1 aliphatic heterocycles. The molecule has 0 aromatic carbocycles. The number of carbonyl (C=O) groups is 1. The van der Waals surface area contributed by atoms with Crippen molar-refractivity contribution in [3.8, 4) is 0 Å². The molecule has 1 unspecified atom stereocenters. The van der Waals surface area contributed by atoms with Crippen LogP contribution in [0, 0.1) is 0 Å². The molecule has 2 heterocycles. The molecule has 1 aliphatic carbocycles. The molecule has 19 heavy (non-hydrogen) atoms. The van der Waals surface area contributed by atoms with E-state index in [1.54, 1.807) is 6.33 Å². The van der Waals surface area contributed by atoms with Gasteiger partial charge in [0.15, 0.2) is 0 Å². The molecule has 1 atom stereocenters. The maximum absolute atomic E-state index is 10.9. The molecule has 1 saturated heterocycles. The average molecular weight is 262 g/mol. The Labute approximate surface area is 112 Å². The second-order valence-corrected chi connectivity index (χ2v) is 5.25. The third kappa shape index (κ3) is 2.11. The zero-order chi connectivity index (χ0) is 13.4. The standard InChI is InChI=1S/C13H18N4O2/c1-9-2-3-10-11(9)12(15-8-14-10)16-4-6-17(7-5-16)13(18)19/h8-9H,2-7H2,1H3,(H,18,19). The summed E-state index contributed by atoms with van der Waals surface area (Å²) in [6.07, 6.45) is 2.97. The Kier molecular flexibility index (Phi) is 3.00. The number of rotatable bonds is 1. The maximum Gasteiger partial charge on any atom is 0.407 e. The van der Waals surface area contributed by atoms with Crippen molar-refractivity contribution in [2.75, 3.05) is 31.1 Å². The molecule has 1 aromatic heterocycles. The number of amides is 1. The molecule has 2 aliphatic rings. The van der Waals surface area contributed by atoms with Crippen LogP contribution in [0.5, 0.6) is 0 Å². The second-order valence-electron chi connectivity index (χ2n) is 5.25. The number of hydrogen-bond acceptors (Lipinski definition) is 4. The molecular formula is C13H18N4O2. The van der Waals surface area contributed by atoms with E-state index in [9.17, 15) is 4.79 Å². The van der Waals surface area contributed by atoms with Gasteiger partial charge in [0.05, 0.1) is 0 Å². The van der Waals surface area contributed by atoms with Crippen molar-refractivity contribution in [3.05, 3.63) is 17.6 Å². The number of aromatic nitrogens is 2. The first-order chi connectivity index (χ1) is 9.16. The van der Waals surface area contributed by atoms with E-state index in [-0.39, 0.29) is 0 Å². The molecule has 6 nitrogen and oxygen atoms in total. The van der Waals surface area contributed by atoms with Crippen LogP contribution in [0.4, 0.5) is 10.6 Å². The van der Waals surface area contributed by atoms with Gasteiger partial charge in [-0.2, -0.15) is 0 Å². The van der Waals surface area contributed by atoms with E-state index in [1.807, 2.05) is 0 Å². The summed E-state index contributed by atoms with van der Waals surface area (Å²) in [5.74, 6) is 1.52. The molecule has 6 heteroatoms. The Morgan fingerprint density at radius 1 is 1.32 bits per heavy atom. The highest BCUT2D eigenvalue weighted by atomic mass is 16.4. The van der Waals surface area contributed by atoms with Crippen molar-refractivity contribution < 1.29 is 9.90 Å². The summed E-state index contributed by atoms with van der Waals surface area (Å²) in [5, 5.41) is 8.97. The van der Waals surface area contributed by atoms with Gasteiger partial charge in [0.2, 0.25) is 0 Å². The van der Waals surface area contributed by atoms with Crippen LogP contribution < -0.4 is 4.90 Å². The Balaban J connectivity index is 1.81. The third-order valence-corrected chi connectivity index (χ3v) is 4.10. The van der Waals surface area contributed by atoms with E-state index in [0.29, 0.717) is 32.1 Å². The van der Waals surface area contributed by atoms with Crippen molar-refractivity contribution in [1.29, 1.82) is 0 Å². The SMILES string of the molecule is CC1CCc2ncnc(N3CCN(C(=O)O)CC3)c21. The summed E-state index contributed by atoms with van der Waals surface area (Å²) >= 11 is 0. The van der Waals surface area contributed by atoms with Gasteiger partial charge in [-0.25, -0.2) is 14.8 Å². The second kappa shape index (κ2) is 4.68. The predicted molar refractivity (Wildman–Crippen MR) is 70.6 cm³/mol. The van der Waals surface area contributed by atoms with Crippen LogP contribution in [0.25, 0.3) is 0 Å². The van der Waals surface area contributed by atoms with Gasteiger partial charge in [0.1, 0.15) is 12.1 Å². The topological polar surface area (TPSA) is 69.6 Å². The van der Waals surface area contributed by atoms with Crippen molar-refractivity contribution in [1.82, 2.24) is 14.9 Å². The summed E-state index contributed by atoms with van der Waals surface area (Å²) in [6.45, 7) is 4.72. The molecule has 3 rings (SSSR count). The van der Waals surface area contributed by atoms with Crippen LogP contribution >= 0.6 is 0 Å². The largest absolute Gasteiger partial charge is 0.465 e. The van der Waals surface area contributed by atoms with Crippen LogP contribution in [-0.2, 0) is 6.42 Å². The summed E-state index contributed by atoms with van der Waals surface area (Å²) in [4.78, 5) is 23.4. The lowest BCUT2D eigenvalue weighted by Crippen LogP contribution is -2.48. The van der Waals surface area contributed by atoms with Gasteiger partial charge in [-0.3, -0.25) is 0 Å². The third-order valence-electron chi connectivity index (χ3n) is 4.10. The minimum absolute atomic E-state index is 0.503. The van der Waals surface area contributed by atoms with Crippen LogP contribution in [-0.4, -0.2) is 52.2 Å². The smallest absolute Gasteiger partial charge is 0.407 e. The predicted octanol–water partition coefficient (Wildman–Crippen LogP) is 1.33. The lowest BCUT2D eigenvalue weighted by atomic mass is 10.1. The van der Waals surface area contributed by atoms with E-state index in [4.69, 9.17) is 5.11 Å². The molecule has 0 spiro atoms. The number of nitrogens with zero attached hydrogens (tertiary/aromatic N) is 4. The number of anilines is 1. The highest BCUT2D eigenvalue weighted by Gasteiger charge is 2.29. The molecule has 0 saturated carbocycles. The first-order valence-electron chi connectivity index (χ1n) is 6.73. The molecule has 102 valence electrons. The fourth-order valence-corrected chi connectivity index (χ4v) is 2.98. The molecule has 1 aromatic rings. The van der Waals surface area contributed by atoms with Gasteiger partial charge in [0.25, 0.3) is 0 Å². The number of fused-ring (bicyclic) bond motifs is 1. The molecular weight excluding hydrogens is 244 g/mol. The van der Waals surface area contributed by atoms with Crippen molar-refractivity contribution in [3.63, 3.8) is 0 Å². The normalized spacial score (nSPS) is 22.5. The molecule has 1 fully saturated rings. The average Bonchev–Trinajstić information content (AvgIpc) is 2.81. The monoisotopic (exact) mass is 262 g/mol. The molecule has 1 N–H and O–H groups in total. The number of piperazine rings is 1. The van der Waals surface area contributed by atoms with Crippen LogP contribution in [0.2, 0.25) is 0 Å². The summed E-state index contributed by atoms with van der Waals surface area (Å²) in [7, 11) is 0. The van der Waals surface area contributed by atoms with Crippen LogP contribution in [0.15, 0.2) is 6.33 Å². The Hall–Kier alpha value is -1.85. The zero-order valence-corrected chi connectivity index (χ0v) is 11.0. The summed E-state index contributed by atoms with van der Waals surface area (Å²) in [5.41, 5.74) is 2.43. The van der Waals surface area contributed by atoms with Gasteiger partial charge < -0.3 is 14.9 Å². The summed E-state index contributed by atoms with van der Waals surface area (Å²) in [6, 6.07) is 0. The van der Waals surface area contributed by atoms with Crippen molar-refractivity contribution in [2.45, 2.75) is 25.7 Å². The Morgan fingerprint density at radius 2 is 2.05 bits per heavy atom. The molecule has 1 amide bonds. The number of aryl methyl sites for hydroxylation is 1. The highest BCUT2D eigenvalue weighted by molar-refractivity contribution is 5.65. The van der Waals surface area contributed by atoms with Crippen molar-refractivity contribution >= 4 is 11.9 Å². The zero-order valence-electron chi connectivity index (χ0n) is 11.0. The highest BCUT2D eigenvalue weighted by Crippen LogP contribution is 2.37. The fraction of sp³-hybridized carbons (Fsp3) is 0.615.